The lowest BCUT2D eigenvalue weighted by atomic mass is 9.66. The van der Waals surface area contributed by atoms with Gasteiger partial charge in [-0.2, -0.15) is 0 Å². The Labute approximate surface area is 442 Å². The number of ketones is 4. The van der Waals surface area contributed by atoms with Crippen molar-refractivity contribution in [3.8, 4) is 34.5 Å². The number of nitrogens with two attached hydrogens (primary N) is 1. The van der Waals surface area contributed by atoms with Crippen LogP contribution >= 0.6 is 0 Å². The third kappa shape index (κ3) is 9.43. The number of aliphatic hydroxyl groups is 5. The molecule has 21 heteroatoms. The summed E-state index contributed by atoms with van der Waals surface area (Å²) in [4.78, 5) is 57.3. The molecule has 4 radical (unpaired) electrons. The van der Waals surface area contributed by atoms with E-state index in [4.69, 9.17) is 51.3 Å². The van der Waals surface area contributed by atoms with Gasteiger partial charge in [0.15, 0.2) is 11.6 Å². The molecule has 3 aliphatic heterocycles. The molecule has 9 N–H and O–H groups in total. The van der Waals surface area contributed by atoms with E-state index in [9.17, 15) is 49.8 Å². The molecule has 4 aromatic rings. The van der Waals surface area contributed by atoms with Crippen molar-refractivity contribution in [2.75, 3.05) is 27.9 Å². The molecule has 11 rings (SSSR count). The predicted octanol–water partition coefficient (Wildman–Crippen LogP) is 2.32. The maximum atomic E-state index is 14.1. The van der Waals surface area contributed by atoms with Crippen LogP contribution in [0.1, 0.15) is 132 Å². The Balaban J connectivity index is 0.000000180. The van der Waals surface area contributed by atoms with Crippen molar-refractivity contribution in [3.05, 3.63) is 115 Å². The van der Waals surface area contributed by atoms with Gasteiger partial charge in [-0.15, -0.1) is 0 Å². The minimum absolute atomic E-state index is 0.0595. The van der Waals surface area contributed by atoms with E-state index in [0.717, 1.165) is 13.0 Å². The third-order valence-corrected chi connectivity index (χ3v) is 15.4. The second kappa shape index (κ2) is 20.9. The van der Waals surface area contributed by atoms with Crippen LogP contribution in [0.25, 0.3) is 0 Å². The van der Waals surface area contributed by atoms with Gasteiger partial charge in [0, 0.05) is 76.9 Å². The van der Waals surface area contributed by atoms with Crippen LogP contribution in [-0.4, -0.2) is 169 Å². The second-order valence-electron chi connectivity index (χ2n) is 20.3. The Morgan fingerprint density at radius 3 is 1.55 bits per heavy atom. The number of aliphatic hydroxyl groups excluding tert-OH is 3. The van der Waals surface area contributed by atoms with Gasteiger partial charge in [-0.25, -0.2) is 0 Å². The van der Waals surface area contributed by atoms with Crippen molar-refractivity contribution in [2.24, 2.45) is 5.73 Å². The first-order valence-corrected chi connectivity index (χ1v) is 25.1. The van der Waals surface area contributed by atoms with Crippen LogP contribution in [0.2, 0.25) is 0 Å². The normalized spacial score (nSPS) is 29.1. The Morgan fingerprint density at radius 2 is 1.13 bits per heavy atom. The van der Waals surface area contributed by atoms with E-state index in [-0.39, 0.29) is 135 Å². The standard InChI is InChI=1S/C29H30BNO8.C25H26BNO8.CH4O/c1-14-24(32)18(31-10-3-4-11-31)12-20(38-14)39-28-15-8-9-29(30,36)13-17(15)26(34)22-23(28)27(35)21-16(25(22)33)6-5-7-19(21)37-2;1-10-20(28)14(27)8-16(34-10)35-24-11-6-7-25(26,32)9-13(11)22(30)18-19(24)23(31)17-12(21(18)29)4-3-5-15(17)33-2;1-2/h3,5-7,10,14,18,20,24,32,34,36H,4,8-9,11-13H2,1-2H3;3-5,10,14,16,20,28,30,32H,6-9,27H2,1-2H3;2H,1H3/i;;2D. The lowest BCUT2D eigenvalue weighted by Gasteiger charge is -2.42. The van der Waals surface area contributed by atoms with Gasteiger partial charge in [-0.05, 0) is 77.1 Å². The molecule has 4 aromatic carbocycles. The molecule has 0 spiro atoms. The fraction of sp³-hybridized carbons (Fsp3) is 0.455. The molecule has 0 saturated carbocycles. The summed E-state index contributed by atoms with van der Waals surface area (Å²) in [6.07, 6.45) is 1.21. The summed E-state index contributed by atoms with van der Waals surface area (Å²) in [7, 11) is 16.1. The Bertz CT molecular complexity index is 3060. The van der Waals surface area contributed by atoms with E-state index >= 15 is 0 Å². The highest BCUT2D eigenvalue weighted by Gasteiger charge is 2.47. The van der Waals surface area contributed by atoms with Crippen LogP contribution < -0.4 is 24.7 Å². The first kappa shape index (κ1) is 53.1. The zero-order chi connectivity index (χ0) is 55.6. The van der Waals surface area contributed by atoms with Crippen molar-refractivity contribution in [3.63, 3.8) is 0 Å². The molecule has 76 heavy (non-hydrogen) atoms. The number of phenolic OH excluding ortho intramolecular Hbond substituents is 2. The van der Waals surface area contributed by atoms with Crippen LogP contribution in [0.3, 0.4) is 0 Å². The first-order valence-electron chi connectivity index (χ1n) is 25.5. The van der Waals surface area contributed by atoms with Gasteiger partial charge in [0.1, 0.15) is 56.3 Å². The predicted molar refractivity (Wildman–Crippen MR) is 273 cm³/mol. The average molecular weight is 1040 g/mol. The number of phenols is 2. The SMILES string of the molecule is [2H]OC.[B]C1(O)CCc2c(c(O)c3c(c2OC2CC(N)C(O)C(C)O2)C(=O)c2c(OC)cccc2C3=O)C1.[B]C1(O)CCc2c(c(O)c3c(c2OC2CC(N4C=CCC4)C(O)C(C)O2)C(=O)c2c(OC)cccc2C3=O)C1. The largest absolute Gasteiger partial charge is 0.507 e. The molecule has 10 atom stereocenters. The number of methoxy groups -OCH3 is 2. The quantitative estimate of drug-likeness (QED) is 0.106. The smallest absolute Gasteiger partial charge is 0.210 e. The topological polar surface area (TPSA) is 295 Å². The first-order chi connectivity index (χ1) is 36.6. The summed E-state index contributed by atoms with van der Waals surface area (Å²) < 4.78 is 41.0. The number of carbonyl (C=O) groups excluding carboxylic acids is 4. The summed E-state index contributed by atoms with van der Waals surface area (Å²) >= 11 is 0. The highest BCUT2D eigenvalue weighted by atomic mass is 16.7. The molecule has 0 aromatic heterocycles. The highest BCUT2D eigenvalue weighted by Crippen LogP contribution is 2.51. The average Bonchev–Trinajstić information content (AvgIpc) is 4.08. The Morgan fingerprint density at radius 1 is 0.684 bits per heavy atom. The highest BCUT2D eigenvalue weighted by molar-refractivity contribution is 6.32. The summed E-state index contributed by atoms with van der Waals surface area (Å²) in [5.74, 6) is -2.28. The lowest BCUT2D eigenvalue weighted by Crippen LogP contribution is -2.54. The molecule has 2 saturated heterocycles. The summed E-state index contributed by atoms with van der Waals surface area (Å²) in [6, 6.07) is 8.48. The minimum atomic E-state index is -1.60. The molecule has 19 nitrogen and oxygen atoms in total. The number of carbonyl (C=O) groups is 4. The Hall–Kier alpha value is -6.29. The number of hydrogen-bond acceptors (Lipinski definition) is 19. The van der Waals surface area contributed by atoms with E-state index in [1.807, 2.05) is 12.3 Å². The maximum Gasteiger partial charge on any atom is 0.210 e. The van der Waals surface area contributed by atoms with E-state index < -0.39 is 82.9 Å². The number of benzene rings is 4. The number of rotatable bonds is 7. The summed E-state index contributed by atoms with van der Waals surface area (Å²) in [5.41, 5.74) is 4.18. The van der Waals surface area contributed by atoms with E-state index in [2.05, 4.69) is 10.0 Å². The van der Waals surface area contributed by atoms with Crippen molar-refractivity contribution in [1.29, 1.82) is 1.43 Å². The van der Waals surface area contributed by atoms with Crippen molar-refractivity contribution < 1.29 is 83.3 Å². The molecule has 2 fully saturated rings. The molecular formula is C55H60B2N2O17. The molecule has 3 heterocycles. The van der Waals surface area contributed by atoms with Crippen LogP contribution in [0.4, 0.5) is 0 Å². The number of aromatic hydroxyl groups is 2. The summed E-state index contributed by atoms with van der Waals surface area (Å²) in [6.45, 7) is 4.19. The molecule has 10 unspecified atom stereocenters. The number of fused-ring (bicyclic) bond motifs is 6. The van der Waals surface area contributed by atoms with Crippen molar-refractivity contribution >= 4 is 38.8 Å². The van der Waals surface area contributed by atoms with Gasteiger partial charge in [0.2, 0.25) is 25.6 Å². The van der Waals surface area contributed by atoms with Gasteiger partial charge in [0.25, 0.3) is 0 Å². The third-order valence-electron chi connectivity index (χ3n) is 15.4. The molecule has 0 bridgehead atoms. The van der Waals surface area contributed by atoms with E-state index in [1.54, 1.807) is 38.1 Å². The van der Waals surface area contributed by atoms with Crippen molar-refractivity contribution in [1.82, 2.24) is 4.90 Å². The fourth-order valence-corrected chi connectivity index (χ4v) is 11.6. The van der Waals surface area contributed by atoms with E-state index in [0.29, 0.717) is 17.5 Å². The zero-order valence-corrected chi connectivity index (χ0v) is 42.7. The van der Waals surface area contributed by atoms with Gasteiger partial charge < -0.3 is 74.8 Å². The minimum Gasteiger partial charge on any atom is -0.507 e. The van der Waals surface area contributed by atoms with E-state index in [1.165, 1.54) is 33.5 Å². The molecule has 398 valence electrons. The van der Waals surface area contributed by atoms with Gasteiger partial charge >= 0.3 is 0 Å². The monoisotopic (exact) mass is 1040 g/mol. The van der Waals surface area contributed by atoms with Crippen molar-refractivity contribution in [2.45, 2.75) is 132 Å². The maximum absolute atomic E-state index is 14.1. The van der Waals surface area contributed by atoms with Gasteiger partial charge in [-0.1, -0.05) is 30.3 Å². The van der Waals surface area contributed by atoms with Gasteiger partial charge in [-0.3, -0.25) is 19.2 Å². The Kier molecular flexibility index (Phi) is 14.6. The summed E-state index contributed by atoms with van der Waals surface area (Å²) in [5, 5.41) is 68.2. The van der Waals surface area contributed by atoms with Gasteiger partial charge in [0.05, 0.1) is 72.0 Å². The molecule has 7 aliphatic rings. The lowest BCUT2D eigenvalue weighted by molar-refractivity contribution is -0.201. The second-order valence-corrected chi connectivity index (χ2v) is 20.3. The molecule has 4 aliphatic carbocycles. The zero-order valence-electron chi connectivity index (χ0n) is 43.7. The number of nitrogens with zero attached hydrogens (tertiary/aromatic N) is 1. The fourth-order valence-electron chi connectivity index (χ4n) is 11.6. The number of hydrogen-bond donors (Lipinski definition) is 8. The van der Waals surface area contributed by atoms with Crippen LogP contribution in [0, 0.1) is 0 Å². The van der Waals surface area contributed by atoms with Crippen LogP contribution in [-0.2, 0) is 35.2 Å². The molecule has 0 amide bonds. The van der Waals surface area contributed by atoms with Crippen LogP contribution in [0.15, 0.2) is 48.7 Å². The molecular weight excluding hydrogens is 982 g/mol. The number of ether oxygens (including phenoxy) is 6. The van der Waals surface area contributed by atoms with Crippen LogP contribution in [0.5, 0.6) is 34.5 Å².